The van der Waals surface area contributed by atoms with Gasteiger partial charge in [-0.15, -0.1) is 6.58 Å². The summed E-state index contributed by atoms with van der Waals surface area (Å²) in [5, 5.41) is 9.15. The number of rotatable bonds is 4. The molecule has 0 aromatic carbocycles. The molecule has 7 heteroatoms. The monoisotopic (exact) mass is 267 g/mol. The molecule has 0 aromatic rings. The van der Waals surface area contributed by atoms with Crippen LogP contribution in [0.2, 0.25) is 0 Å². The van der Waals surface area contributed by atoms with Gasteiger partial charge in [-0.1, -0.05) is 6.08 Å². The van der Waals surface area contributed by atoms with Gasteiger partial charge in [-0.3, -0.25) is 9.69 Å². The van der Waals surface area contributed by atoms with Gasteiger partial charge in [0.2, 0.25) is 5.91 Å². The fourth-order valence-electron chi connectivity index (χ4n) is 2.15. The lowest BCUT2D eigenvalue weighted by atomic mass is 10.0. The van der Waals surface area contributed by atoms with Crippen LogP contribution < -0.4 is 0 Å². The minimum Gasteiger partial charge on any atom is -0.478 e. The van der Waals surface area contributed by atoms with Gasteiger partial charge in [-0.05, 0) is 0 Å². The summed E-state index contributed by atoms with van der Waals surface area (Å²) in [7, 11) is 1.17. The van der Waals surface area contributed by atoms with Gasteiger partial charge in [0.15, 0.2) is 12.3 Å². The van der Waals surface area contributed by atoms with Gasteiger partial charge in [0.1, 0.15) is 5.76 Å². The van der Waals surface area contributed by atoms with Crippen molar-refractivity contribution in [1.82, 2.24) is 4.90 Å². The maximum atomic E-state index is 11.7. The van der Waals surface area contributed by atoms with Crippen molar-refractivity contribution in [3.05, 3.63) is 24.0 Å². The van der Waals surface area contributed by atoms with Crippen LogP contribution in [-0.4, -0.2) is 47.2 Å². The molecule has 1 unspecified atom stereocenters. The Bertz CT molecular complexity index is 494. The SMILES string of the molecule is C=CC/C(C(=O)O)=C1/O[C@@H]2CC(=O)N2C1C(=O)OC. The number of β-lactam (4-membered cyclic amide) rings is 1. The van der Waals surface area contributed by atoms with Gasteiger partial charge in [0.05, 0.1) is 19.1 Å². The predicted molar refractivity (Wildman–Crippen MR) is 61.6 cm³/mol. The third-order valence-corrected chi connectivity index (χ3v) is 3.07. The fourth-order valence-corrected chi connectivity index (χ4v) is 2.15. The zero-order chi connectivity index (χ0) is 14.2. The molecule has 0 spiro atoms. The summed E-state index contributed by atoms with van der Waals surface area (Å²) in [5.74, 6) is -2.22. The van der Waals surface area contributed by atoms with Crippen LogP contribution in [-0.2, 0) is 23.9 Å². The Hall–Kier alpha value is -2.31. The Balaban J connectivity index is 2.45. The van der Waals surface area contributed by atoms with E-state index in [9.17, 15) is 14.4 Å². The standard InChI is InChI=1S/C12H13NO6/c1-3-4-6(11(15)16)10-9(12(17)18-2)13-7(14)5-8(13)19-10/h3,8-9H,1,4-5H2,2H3,(H,15,16)/b10-6-/t8-,9?/m1/s1. The van der Waals surface area contributed by atoms with Crippen molar-refractivity contribution >= 4 is 17.8 Å². The first-order chi connectivity index (χ1) is 9.01. The Morgan fingerprint density at radius 1 is 1.63 bits per heavy atom. The smallest absolute Gasteiger partial charge is 0.336 e. The second-order valence-electron chi connectivity index (χ2n) is 4.14. The van der Waals surface area contributed by atoms with E-state index in [0.717, 1.165) is 0 Å². The number of carboxylic acid groups (broad SMARTS) is 1. The minimum absolute atomic E-state index is 0.0323. The van der Waals surface area contributed by atoms with Gasteiger partial charge in [0.25, 0.3) is 0 Å². The highest BCUT2D eigenvalue weighted by Gasteiger charge is 2.55. The first-order valence-electron chi connectivity index (χ1n) is 5.64. The van der Waals surface area contributed by atoms with Gasteiger partial charge in [-0.2, -0.15) is 0 Å². The topological polar surface area (TPSA) is 93.1 Å². The van der Waals surface area contributed by atoms with E-state index in [2.05, 4.69) is 11.3 Å². The molecule has 0 aliphatic carbocycles. The summed E-state index contributed by atoms with van der Waals surface area (Å²) >= 11 is 0. The third kappa shape index (κ3) is 1.96. The van der Waals surface area contributed by atoms with E-state index in [0.29, 0.717) is 0 Å². The van der Waals surface area contributed by atoms with Crippen molar-refractivity contribution in [2.45, 2.75) is 25.1 Å². The minimum atomic E-state index is -1.21. The highest BCUT2D eigenvalue weighted by Crippen LogP contribution is 2.38. The van der Waals surface area contributed by atoms with Crippen LogP contribution in [0.5, 0.6) is 0 Å². The van der Waals surface area contributed by atoms with Crippen molar-refractivity contribution in [2.24, 2.45) is 0 Å². The van der Waals surface area contributed by atoms with E-state index in [1.54, 1.807) is 0 Å². The molecule has 7 nitrogen and oxygen atoms in total. The molecule has 2 heterocycles. The van der Waals surface area contributed by atoms with Crippen molar-refractivity contribution in [3.8, 4) is 0 Å². The molecule has 2 aliphatic heterocycles. The number of ether oxygens (including phenoxy) is 2. The zero-order valence-electron chi connectivity index (χ0n) is 10.3. The lowest BCUT2D eigenvalue weighted by Crippen LogP contribution is -2.55. The highest BCUT2D eigenvalue weighted by atomic mass is 16.6. The molecule has 19 heavy (non-hydrogen) atoms. The van der Waals surface area contributed by atoms with Gasteiger partial charge in [0, 0.05) is 6.42 Å². The van der Waals surface area contributed by atoms with E-state index in [1.807, 2.05) is 0 Å². The Labute approximate surface area is 109 Å². The average Bonchev–Trinajstić information content (AvgIpc) is 2.67. The fraction of sp³-hybridized carbons (Fsp3) is 0.417. The maximum Gasteiger partial charge on any atom is 0.336 e. The lowest BCUT2D eigenvalue weighted by Gasteiger charge is -2.33. The van der Waals surface area contributed by atoms with Crippen LogP contribution >= 0.6 is 0 Å². The molecule has 2 aliphatic rings. The zero-order valence-corrected chi connectivity index (χ0v) is 10.3. The number of fused-ring (bicyclic) bond motifs is 1. The number of nitrogens with zero attached hydrogens (tertiary/aromatic N) is 1. The molecule has 2 atom stereocenters. The molecule has 0 radical (unpaired) electrons. The van der Waals surface area contributed by atoms with Crippen LogP contribution in [0.1, 0.15) is 12.8 Å². The van der Waals surface area contributed by atoms with E-state index in [4.69, 9.17) is 9.84 Å². The summed E-state index contributed by atoms with van der Waals surface area (Å²) in [5.41, 5.74) is -0.0902. The number of carbonyl (C=O) groups excluding carboxylic acids is 2. The van der Waals surface area contributed by atoms with Crippen LogP contribution in [0, 0.1) is 0 Å². The highest BCUT2D eigenvalue weighted by molar-refractivity contribution is 5.95. The number of hydrogen-bond donors (Lipinski definition) is 1. The third-order valence-electron chi connectivity index (χ3n) is 3.07. The molecule has 1 amide bonds. The molecule has 0 bridgehead atoms. The largest absolute Gasteiger partial charge is 0.478 e. The summed E-state index contributed by atoms with van der Waals surface area (Å²) in [6, 6.07) is -1.11. The van der Waals surface area contributed by atoms with Crippen molar-refractivity contribution in [3.63, 3.8) is 0 Å². The molecule has 2 fully saturated rings. The van der Waals surface area contributed by atoms with Crippen LogP contribution in [0.4, 0.5) is 0 Å². The number of methoxy groups -OCH3 is 1. The van der Waals surface area contributed by atoms with Crippen LogP contribution in [0.3, 0.4) is 0 Å². The number of allylic oxidation sites excluding steroid dienone is 1. The number of hydrogen-bond acceptors (Lipinski definition) is 5. The molecule has 1 N–H and O–H groups in total. The van der Waals surface area contributed by atoms with E-state index in [-0.39, 0.29) is 30.1 Å². The summed E-state index contributed by atoms with van der Waals surface area (Å²) in [6.45, 7) is 3.46. The van der Waals surface area contributed by atoms with E-state index >= 15 is 0 Å². The summed E-state index contributed by atoms with van der Waals surface area (Å²) < 4.78 is 10.0. The van der Waals surface area contributed by atoms with Crippen molar-refractivity contribution in [1.29, 1.82) is 0 Å². The van der Waals surface area contributed by atoms with Crippen LogP contribution in [0.25, 0.3) is 0 Å². The van der Waals surface area contributed by atoms with Crippen molar-refractivity contribution < 1.29 is 29.0 Å². The molecule has 102 valence electrons. The predicted octanol–water partition coefficient (Wildman–Crippen LogP) is 0.0314. The normalized spacial score (nSPS) is 27.0. The average molecular weight is 267 g/mol. The molecular weight excluding hydrogens is 254 g/mol. The first kappa shape index (κ1) is 13.1. The number of aliphatic carboxylic acids is 1. The van der Waals surface area contributed by atoms with Crippen LogP contribution in [0.15, 0.2) is 24.0 Å². The number of carboxylic acids is 1. The summed E-state index contributed by atoms with van der Waals surface area (Å²) in [4.78, 5) is 35.6. The second kappa shape index (κ2) is 4.75. The molecule has 0 saturated carbocycles. The molecule has 2 rings (SSSR count). The Kier molecular flexibility index (Phi) is 3.28. The first-order valence-corrected chi connectivity index (χ1v) is 5.64. The summed E-state index contributed by atoms with van der Waals surface area (Å²) in [6.07, 6.45) is 0.988. The molecule has 0 aromatic heterocycles. The number of amides is 1. The second-order valence-corrected chi connectivity index (χ2v) is 4.14. The number of carbonyl (C=O) groups is 3. The maximum absolute atomic E-state index is 11.7. The lowest BCUT2D eigenvalue weighted by molar-refractivity contribution is -0.164. The Morgan fingerprint density at radius 2 is 2.32 bits per heavy atom. The van der Waals surface area contributed by atoms with E-state index < -0.39 is 24.2 Å². The molecular formula is C12H13NO6. The van der Waals surface area contributed by atoms with Gasteiger partial charge >= 0.3 is 11.9 Å². The number of esters is 1. The van der Waals surface area contributed by atoms with Crippen molar-refractivity contribution in [2.75, 3.05) is 7.11 Å². The van der Waals surface area contributed by atoms with E-state index in [1.165, 1.54) is 18.1 Å². The quantitative estimate of drug-likeness (QED) is 0.334. The van der Waals surface area contributed by atoms with Gasteiger partial charge in [-0.25, -0.2) is 9.59 Å². The Morgan fingerprint density at radius 3 is 2.79 bits per heavy atom. The van der Waals surface area contributed by atoms with Gasteiger partial charge < -0.3 is 14.6 Å². The molecule has 2 saturated heterocycles.